The van der Waals surface area contributed by atoms with E-state index in [1.54, 1.807) is 0 Å². The Bertz CT molecular complexity index is 607. The third kappa shape index (κ3) is 4.43. The molecule has 1 fully saturated rings. The van der Waals surface area contributed by atoms with E-state index in [4.69, 9.17) is 0 Å². The van der Waals surface area contributed by atoms with Gasteiger partial charge in [0.1, 0.15) is 0 Å². The quantitative estimate of drug-likeness (QED) is 0.666. The lowest BCUT2D eigenvalue weighted by Gasteiger charge is -2.27. The van der Waals surface area contributed by atoms with Gasteiger partial charge in [-0.05, 0) is 42.2 Å². The normalized spacial score (nSPS) is 20.9. The van der Waals surface area contributed by atoms with E-state index in [0.717, 1.165) is 36.1 Å². The maximum atomic E-state index is 4.58. The zero-order valence-corrected chi connectivity index (χ0v) is 15.2. The molecular weight excluding hydrogens is 292 g/mol. The van der Waals surface area contributed by atoms with Crippen molar-refractivity contribution in [3.05, 3.63) is 47.8 Å². The summed E-state index contributed by atoms with van der Waals surface area (Å²) in [6, 6.07) is 8.58. The van der Waals surface area contributed by atoms with Gasteiger partial charge >= 0.3 is 0 Å². The zero-order chi connectivity index (χ0) is 16.8. The molecule has 1 aliphatic carbocycles. The topological polar surface area (TPSA) is 25.8 Å². The molecule has 24 heavy (non-hydrogen) atoms. The van der Waals surface area contributed by atoms with Crippen molar-refractivity contribution < 1.29 is 0 Å². The molecule has 0 amide bonds. The van der Waals surface area contributed by atoms with Crippen LogP contribution in [0.3, 0.4) is 0 Å². The van der Waals surface area contributed by atoms with E-state index in [1.807, 2.05) is 12.4 Å². The van der Waals surface area contributed by atoms with Gasteiger partial charge in [0.05, 0.1) is 0 Å². The predicted molar refractivity (Wildman–Crippen MR) is 101 cm³/mol. The Labute approximate surface area is 146 Å². The average Bonchev–Trinajstić information content (AvgIpc) is 2.67. The Morgan fingerprint density at radius 1 is 0.833 bits per heavy atom. The minimum Gasteiger partial charge on any atom is -0.236 e. The summed E-state index contributed by atoms with van der Waals surface area (Å²) >= 11 is 0. The van der Waals surface area contributed by atoms with Crippen LogP contribution in [-0.4, -0.2) is 9.97 Å². The predicted octanol–water partition coefficient (Wildman–Crippen LogP) is 5.86. The minimum atomic E-state index is 0.838. The van der Waals surface area contributed by atoms with Crippen LogP contribution in [0.1, 0.15) is 63.5 Å². The van der Waals surface area contributed by atoms with Gasteiger partial charge in [-0.15, -0.1) is 0 Å². The first kappa shape index (κ1) is 17.1. The van der Waals surface area contributed by atoms with Crippen molar-refractivity contribution in [3.63, 3.8) is 0 Å². The van der Waals surface area contributed by atoms with Crippen molar-refractivity contribution in [2.24, 2.45) is 11.8 Å². The highest BCUT2D eigenvalue weighted by Gasteiger charge is 2.19. The summed E-state index contributed by atoms with van der Waals surface area (Å²) in [6.07, 6.45) is 14.6. The van der Waals surface area contributed by atoms with E-state index >= 15 is 0 Å². The molecule has 1 aromatic heterocycles. The van der Waals surface area contributed by atoms with Crippen molar-refractivity contribution in [1.29, 1.82) is 0 Å². The van der Waals surface area contributed by atoms with Crippen molar-refractivity contribution in [1.82, 2.24) is 9.97 Å². The van der Waals surface area contributed by atoms with Crippen LogP contribution in [0.4, 0.5) is 0 Å². The highest BCUT2D eigenvalue weighted by Crippen LogP contribution is 2.33. The maximum Gasteiger partial charge on any atom is 0.159 e. The monoisotopic (exact) mass is 322 g/mol. The molecule has 2 aromatic rings. The van der Waals surface area contributed by atoms with E-state index in [0.29, 0.717) is 0 Å². The SMILES string of the molecule is CCc1ccc(-c2ncc(CCC3CCC(CC)CC3)cn2)cc1. The van der Waals surface area contributed by atoms with Crippen LogP contribution in [-0.2, 0) is 12.8 Å². The molecule has 128 valence electrons. The van der Waals surface area contributed by atoms with Gasteiger partial charge < -0.3 is 0 Å². The van der Waals surface area contributed by atoms with Gasteiger partial charge in [0.2, 0.25) is 0 Å². The fraction of sp³-hybridized carbons (Fsp3) is 0.545. The molecule has 0 bridgehead atoms. The molecule has 1 aliphatic rings. The lowest BCUT2D eigenvalue weighted by atomic mass is 9.79. The molecule has 1 aromatic carbocycles. The third-order valence-corrected chi connectivity index (χ3v) is 5.71. The fourth-order valence-electron chi connectivity index (χ4n) is 3.82. The number of hydrogen-bond acceptors (Lipinski definition) is 2. The van der Waals surface area contributed by atoms with Crippen LogP contribution >= 0.6 is 0 Å². The lowest BCUT2D eigenvalue weighted by Crippen LogP contribution is -2.14. The van der Waals surface area contributed by atoms with Gasteiger partial charge in [0, 0.05) is 18.0 Å². The van der Waals surface area contributed by atoms with E-state index < -0.39 is 0 Å². The van der Waals surface area contributed by atoms with Gasteiger partial charge in [-0.3, -0.25) is 0 Å². The summed E-state index contributed by atoms with van der Waals surface area (Å²) < 4.78 is 0. The van der Waals surface area contributed by atoms with E-state index in [9.17, 15) is 0 Å². The molecule has 0 aliphatic heterocycles. The molecule has 1 saturated carbocycles. The third-order valence-electron chi connectivity index (χ3n) is 5.71. The van der Waals surface area contributed by atoms with E-state index in [2.05, 4.69) is 48.1 Å². The molecule has 0 N–H and O–H groups in total. The van der Waals surface area contributed by atoms with Gasteiger partial charge in [0.15, 0.2) is 5.82 Å². The molecule has 2 heteroatoms. The fourth-order valence-corrected chi connectivity index (χ4v) is 3.82. The van der Waals surface area contributed by atoms with Crippen molar-refractivity contribution in [2.75, 3.05) is 0 Å². The number of nitrogens with zero attached hydrogens (tertiary/aromatic N) is 2. The Morgan fingerprint density at radius 3 is 2.04 bits per heavy atom. The second kappa shape index (κ2) is 8.41. The smallest absolute Gasteiger partial charge is 0.159 e. The van der Waals surface area contributed by atoms with Crippen molar-refractivity contribution >= 4 is 0 Å². The number of aryl methyl sites for hydroxylation is 2. The van der Waals surface area contributed by atoms with Gasteiger partial charge in [-0.25, -0.2) is 9.97 Å². The van der Waals surface area contributed by atoms with Crippen molar-refractivity contribution in [3.8, 4) is 11.4 Å². The summed E-state index contributed by atoms with van der Waals surface area (Å²) in [5.74, 6) is 2.74. The van der Waals surface area contributed by atoms with Crippen LogP contribution in [0, 0.1) is 11.8 Å². The summed E-state index contributed by atoms with van der Waals surface area (Å²) in [4.78, 5) is 9.16. The van der Waals surface area contributed by atoms with Crippen LogP contribution in [0.15, 0.2) is 36.7 Å². The molecule has 0 saturated heterocycles. The summed E-state index contributed by atoms with van der Waals surface area (Å²) in [7, 11) is 0. The molecule has 2 nitrogen and oxygen atoms in total. The minimum absolute atomic E-state index is 0.838. The molecule has 3 rings (SSSR count). The van der Waals surface area contributed by atoms with Gasteiger partial charge in [-0.1, -0.05) is 70.2 Å². The average molecular weight is 322 g/mol. The largest absolute Gasteiger partial charge is 0.236 e. The van der Waals surface area contributed by atoms with Crippen LogP contribution in [0.2, 0.25) is 0 Å². The zero-order valence-electron chi connectivity index (χ0n) is 15.2. The number of aromatic nitrogens is 2. The first-order chi connectivity index (χ1) is 11.8. The van der Waals surface area contributed by atoms with Crippen LogP contribution in [0.5, 0.6) is 0 Å². The van der Waals surface area contributed by atoms with Crippen LogP contribution in [0.25, 0.3) is 11.4 Å². The van der Waals surface area contributed by atoms with Crippen LogP contribution < -0.4 is 0 Å². The molecular formula is C22H30N2. The molecule has 0 atom stereocenters. The van der Waals surface area contributed by atoms with Crippen molar-refractivity contribution in [2.45, 2.75) is 65.2 Å². The number of rotatable bonds is 6. The highest BCUT2D eigenvalue weighted by molar-refractivity contribution is 5.55. The van der Waals surface area contributed by atoms with E-state index in [-0.39, 0.29) is 0 Å². The Hall–Kier alpha value is -1.70. The Kier molecular flexibility index (Phi) is 6.01. The van der Waals surface area contributed by atoms with E-state index in [1.165, 1.54) is 49.7 Å². The second-order valence-electron chi connectivity index (χ2n) is 7.30. The first-order valence-electron chi connectivity index (χ1n) is 9.68. The number of benzene rings is 1. The molecule has 0 radical (unpaired) electrons. The summed E-state index contributed by atoms with van der Waals surface area (Å²) in [6.45, 7) is 4.51. The Balaban J connectivity index is 1.53. The first-order valence-corrected chi connectivity index (χ1v) is 9.68. The maximum absolute atomic E-state index is 4.58. The van der Waals surface area contributed by atoms with Gasteiger partial charge in [-0.2, -0.15) is 0 Å². The standard InChI is InChI=1S/C22H30N2/c1-3-17-5-7-19(8-6-17)9-10-20-15-23-22(24-16-20)21-13-11-18(4-2)12-14-21/h11-17,19H,3-10H2,1-2H3. The Morgan fingerprint density at radius 2 is 1.46 bits per heavy atom. The molecule has 1 heterocycles. The summed E-state index contributed by atoms with van der Waals surface area (Å²) in [5, 5.41) is 0. The summed E-state index contributed by atoms with van der Waals surface area (Å²) in [5.41, 5.74) is 3.74. The van der Waals surface area contributed by atoms with Gasteiger partial charge in [0.25, 0.3) is 0 Å². The molecule has 0 spiro atoms. The molecule has 0 unspecified atom stereocenters. The number of hydrogen-bond donors (Lipinski definition) is 0. The second-order valence-corrected chi connectivity index (χ2v) is 7.30. The lowest BCUT2D eigenvalue weighted by molar-refractivity contribution is 0.258. The highest BCUT2D eigenvalue weighted by atomic mass is 14.9.